The van der Waals surface area contributed by atoms with Crippen molar-refractivity contribution >= 4 is 11.7 Å². The van der Waals surface area contributed by atoms with Gasteiger partial charge in [0.2, 0.25) is 0 Å². The van der Waals surface area contributed by atoms with Crippen molar-refractivity contribution < 1.29 is 9.90 Å². The van der Waals surface area contributed by atoms with Gasteiger partial charge < -0.3 is 15.3 Å². The maximum atomic E-state index is 13.1. The minimum atomic E-state index is -0.211. The lowest BCUT2D eigenvalue weighted by Crippen LogP contribution is -2.50. The van der Waals surface area contributed by atoms with Crippen molar-refractivity contribution in [3.05, 3.63) is 78.2 Å². The number of rotatable bonds is 6. The number of carbonyl (C=O) groups is 1. The molecule has 7 nitrogen and oxygen atoms in total. The fourth-order valence-corrected chi connectivity index (χ4v) is 5.12. The van der Waals surface area contributed by atoms with Crippen LogP contribution < -0.4 is 5.32 Å². The summed E-state index contributed by atoms with van der Waals surface area (Å²) in [6.07, 6.45) is 5.07. The first kappa shape index (κ1) is 23.5. The number of aliphatic hydroxyl groups excluding tert-OH is 1. The molecule has 3 aromatic rings. The van der Waals surface area contributed by atoms with E-state index in [2.05, 4.69) is 56.6 Å². The van der Waals surface area contributed by atoms with Crippen LogP contribution in [0.3, 0.4) is 0 Å². The quantitative estimate of drug-likeness (QED) is 0.569. The first-order valence-corrected chi connectivity index (χ1v) is 12.6. The van der Waals surface area contributed by atoms with E-state index in [4.69, 9.17) is 0 Å². The highest BCUT2D eigenvalue weighted by Crippen LogP contribution is 2.23. The second-order valence-electron chi connectivity index (χ2n) is 9.52. The van der Waals surface area contributed by atoms with Gasteiger partial charge in [-0.3, -0.25) is 9.69 Å². The highest BCUT2D eigenvalue weighted by atomic mass is 16.3. The molecule has 0 bridgehead atoms. The van der Waals surface area contributed by atoms with Crippen molar-refractivity contribution in [1.82, 2.24) is 19.8 Å². The largest absolute Gasteiger partial charge is 0.392 e. The third-order valence-electron chi connectivity index (χ3n) is 7.12. The Morgan fingerprint density at radius 3 is 2.43 bits per heavy atom. The molecule has 2 aliphatic rings. The van der Waals surface area contributed by atoms with E-state index in [9.17, 15) is 9.90 Å². The second kappa shape index (κ2) is 11.0. The fourth-order valence-electron chi connectivity index (χ4n) is 5.12. The number of aliphatic hydroxyl groups is 1. The van der Waals surface area contributed by atoms with Crippen LogP contribution in [0.15, 0.2) is 67.0 Å². The van der Waals surface area contributed by atoms with Gasteiger partial charge in [0, 0.05) is 38.3 Å². The van der Waals surface area contributed by atoms with E-state index in [1.54, 1.807) is 6.07 Å². The summed E-state index contributed by atoms with van der Waals surface area (Å²) < 4.78 is 0. The molecule has 5 rings (SSSR count). The minimum Gasteiger partial charge on any atom is -0.392 e. The molecule has 3 heterocycles. The molecule has 35 heavy (non-hydrogen) atoms. The zero-order chi connectivity index (χ0) is 24.0. The molecular weight excluding hydrogens is 438 g/mol. The second-order valence-corrected chi connectivity index (χ2v) is 9.52. The van der Waals surface area contributed by atoms with E-state index in [0.717, 1.165) is 57.4 Å². The van der Waals surface area contributed by atoms with Crippen LogP contribution in [0.1, 0.15) is 41.7 Å². The molecule has 1 unspecified atom stereocenters. The van der Waals surface area contributed by atoms with Crippen LogP contribution in [0.2, 0.25) is 0 Å². The molecule has 2 aliphatic heterocycles. The standard InChI is InChI=1S/C28H33N5O2/c34-25-7-4-14-33(19-25)24-12-15-32(16-13-24)28(35)26-17-27(31-20-30-26)29-18-21-8-10-23(11-9-21)22-5-2-1-3-6-22/h1-3,5-6,8-11,17,20,24-25,34H,4,7,12-16,18-19H2,(H,29,30,31). The monoisotopic (exact) mass is 471 g/mol. The third kappa shape index (κ3) is 5.86. The number of likely N-dealkylation sites (tertiary alicyclic amines) is 2. The summed E-state index contributed by atoms with van der Waals surface area (Å²) in [5.41, 5.74) is 3.95. The van der Waals surface area contributed by atoms with Crippen LogP contribution in [-0.4, -0.2) is 69.1 Å². The molecule has 182 valence electrons. The molecule has 0 saturated carbocycles. The van der Waals surface area contributed by atoms with E-state index < -0.39 is 0 Å². The fraction of sp³-hybridized carbons (Fsp3) is 0.393. The van der Waals surface area contributed by atoms with Gasteiger partial charge in [0.25, 0.3) is 5.91 Å². The molecule has 0 spiro atoms. The van der Waals surface area contributed by atoms with E-state index in [1.807, 2.05) is 23.1 Å². The van der Waals surface area contributed by atoms with Crippen molar-refractivity contribution in [3.63, 3.8) is 0 Å². The number of anilines is 1. The smallest absolute Gasteiger partial charge is 0.272 e. The molecular formula is C28H33N5O2. The lowest BCUT2D eigenvalue weighted by molar-refractivity contribution is 0.0239. The lowest BCUT2D eigenvalue weighted by Gasteiger charge is -2.41. The van der Waals surface area contributed by atoms with Gasteiger partial charge in [-0.05, 0) is 48.9 Å². The summed E-state index contributed by atoms with van der Waals surface area (Å²) >= 11 is 0. The van der Waals surface area contributed by atoms with Gasteiger partial charge in [-0.15, -0.1) is 0 Å². The van der Waals surface area contributed by atoms with Crippen molar-refractivity contribution in [2.24, 2.45) is 0 Å². The van der Waals surface area contributed by atoms with E-state index in [1.165, 1.54) is 17.5 Å². The molecule has 2 aromatic carbocycles. The van der Waals surface area contributed by atoms with Gasteiger partial charge in [-0.2, -0.15) is 0 Å². The van der Waals surface area contributed by atoms with Crippen LogP contribution in [0, 0.1) is 0 Å². The molecule has 2 fully saturated rings. The number of aromatic nitrogens is 2. The SMILES string of the molecule is O=C(c1cc(NCc2ccc(-c3ccccc3)cc2)ncn1)N1CCC(N2CCCC(O)C2)CC1. The summed E-state index contributed by atoms with van der Waals surface area (Å²) in [7, 11) is 0. The molecule has 2 saturated heterocycles. The van der Waals surface area contributed by atoms with Gasteiger partial charge in [0.05, 0.1) is 6.10 Å². The van der Waals surface area contributed by atoms with Gasteiger partial charge >= 0.3 is 0 Å². The van der Waals surface area contributed by atoms with Crippen molar-refractivity contribution in [2.45, 2.75) is 44.4 Å². The zero-order valence-electron chi connectivity index (χ0n) is 20.0. The molecule has 1 amide bonds. The van der Waals surface area contributed by atoms with Crippen LogP contribution in [0.25, 0.3) is 11.1 Å². The highest BCUT2D eigenvalue weighted by molar-refractivity contribution is 5.93. The van der Waals surface area contributed by atoms with Gasteiger partial charge in [-0.1, -0.05) is 54.6 Å². The molecule has 1 atom stereocenters. The lowest BCUT2D eigenvalue weighted by atomic mass is 9.99. The normalized spacial score (nSPS) is 19.5. The number of β-amino-alcohol motifs (C(OH)–C–C–N with tert-alkyl or cyclic N) is 1. The van der Waals surface area contributed by atoms with E-state index in [-0.39, 0.29) is 12.0 Å². The van der Waals surface area contributed by atoms with Crippen molar-refractivity contribution in [2.75, 3.05) is 31.5 Å². The molecule has 1 aromatic heterocycles. The van der Waals surface area contributed by atoms with Crippen LogP contribution in [-0.2, 0) is 6.54 Å². The maximum Gasteiger partial charge on any atom is 0.272 e. The Hall–Kier alpha value is -3.29. The Morgan fingerprint density at radius 1 is 0.943 bits per heavy atom. The summed E-state index contributed by atoms with van der Waals surface area (Å²) in [5.74, 6) is 0.604. The van der Waals surface area contributed by atoms with Crippen LogP contribution in [0.4, 0.5) is 5.82 Å². The number of piperidine rings is 2. The van der Waals surface area contributed by atoms with Crippen LogP contribution in [0.5, 0.6) is 0 Å². The Kier molecular flexibility index (Phi) is 7.35. The van der Waals surface area contributed by atoms with E-state index in [0.29, 0.717) is 24.1 Å². The average molecular weight is 472 g/mol. The predicted molar refractivity (Wildman–Crippen MR) is 137 cm³/mol. The number of carbonyl (C=O) groups excluding carboxylic acids is 1. The van der Waals surface area contributed by atoms with Crippen molar-refractivity contribution in [3.8, 4) is 11.1 Å². The molecule has 0 radical (unpaired) electrons. The Bertz CT molecular complexity index is 1110. The van der Waals surface area contributed by atoms with Crippen molar-refractivity contribution in [1.29, 1.82) is 0 Å². The summed E-state index contributed by atoms with van der Waals surface area (Å²) in [4.78, 5) is 25.9. The number of nitrogens with one attached hydrogen (secondary N) is 1. The first-order valence-electron chi connectivity index (χ1n) is 12.6. The van der Waals surface area contributed by atoms with Gasteiger partial charge in [0.15, 0.2) is 0 Å². The highest BCUT2D eigenvalue weighted by Gasteiger charge is 2.30. The Balaban J connectivity index is 1.14. The summed E-state index contributed by atoms with van der Waals surface area (Å²) in [5, 5.41) is 13.3. The Morgan fingerprint density at radius 2 is 1.69 bits per heavy atom. The number of amides is 1. The molecule has 2 N–H and O–H groups in total. The number of hydrogen-bond acceptors (Lipinski definition) is 6. The minimum absolute atomic E-state index is 0.0419. The molecule has 0 aliphatic carbocycles. The summed E-state index contributed by atoms with van der Waals surface area (Å²) in [6.45, 7) is 3.86. The summed E-state index contributed by atoms with van der Waals surface area (Å²) in [6, 6.07) is 21.0. The third-order valence-corrected chi connectivity index (χ3v) is 7.12. The number of hydrogen-bond donors (Lipinski definition) is 2. The zero-order valence-corrected chi connectivity index (χ0v) is 20.0. The number of nitrogens with zero attached hydrogens (tertiary/aromatic N) is 4. The first-order chi connectivity index (χ1) is 17.2. The van der Waals surface area contributed by atoms with E-state index >= 15 is 0 Å². The Labute approximate surface area is 206 Å². The molecule has 7 heteroatoms. The van der Waals surface area contributed by atoms with Crippen LogP contribution >= 0.6 is 0 Å². The average Bonchev–Trinajstić information content (AvgIpc) is 2.92. The topological polar surface area (TPSA) is 81.6 Å². The van der Waals surface area contributed by atoms with Gasteiger partial charge in [-0.25, -0.2) is 9.97 Å². The predicted octanol–water partition coefficient (Wildman–Crippen LogP) is 3.82. The number of benzene rings is 2. The maximum absolute atomic E-state index is 13.1. The van der Waals surface area contributed by atoms with Gasteiger partial charge in [0.1, 0.15) is 17.8 Å².